The minimum Gasteiger partial charge on any atom is -0.497 e. The Morgan fingerprint density at radius 2 is 2.15 bits per heavy atom. The van der Waals surface area contributed by atoms with Gasteiger partial charge in [-0.3, -0.25) is 0 Å². The number of rotatable bonds is 1. The van der Waals surface area contributed by atoms with Gasteiger partial charge >= 0.3 is 0 Å². The molecule has 2 aliphatic heterocycles. The van der Waals surface area contributed by atoms with Crippen molar-refractivity contribution in [2.24, 2.45) is 5.73 Å². The number of benzene rings is 1. The molecule has 3 rings (SSSR count). The lowest BCUT2D eigenvalue weighted by atomic mass is 9.77. The molecular weight excluding hydrogens is 254 g/mol. The van der Waals surface area contributed by atoms with Crippen LogP contribution >= 0.6 is 0 Å². The van der Waals surface area contributed by atoms with Gasteiger partial charge < -0.3 is 19.9 Å². The molecule has 0 amide bonds. The van der Waals surface area contributed by atoms with E-state index in [0.717, 1.165) is 42.9 Å². The van der Waals surface area contributed by atoms with Crippen LogP contribution in [0.5, 0.6) is 11.5 Å². The molecule has 1 spiro atoms. The Hall–Kier alpha value is -1.26. The van der Waals surface area contributed by atoms with Gasteiger partial charge in [-0.05, 0) is 32.0 Å². The molecule has 2 atom stereocenters. The number of hydrogen-bond acceptors (Lipinski definition) is 4. The van der Waals surface area contributed by atoms with Gasteiger partial charge in [0, 0.05) is 30.9 Å². The van der Waals surface area contributed by atoms with E-state index in [0.29, 0.717) is 0 Å². The van der Waals surface area contributed by atoms with E-state index in [1.807, 2.05) is 18.2 Å². The molecule has 2 aliphatic rings. The van der Waals surface area contributed by atoms with E-state index in [9.17, 15) is 0 Å². The van der Waals surface area contributed by atoms with Gasteiger partial charge in [0.05, 0.1) is 19.3 Å². The molecule has 2 N–H and O–H groups in total. The zero-order chi connectivity index (χ0) is 14.4. The lowest BCUT2D eigenvalue weighted by molar-refractivity contribution is -0.141. The van der Waals surface area contributed by atoms with E-state index < -0.39 is 0 Å². The van der Waals surface area contributed by atoms with Crippen molar-refractivity contribution in [2.45, 2.75) is 50.4 Å². The maximum atomic E-state index is 6.39. The van der Waals surface area contributed by atoms with Crippen LogP contribution in [0.2, 0.25) is 0 Å². The summed E-state index contributed by atoms with van der Waals surface area (Å²) in [5.74, 6) is 1.72. The van der Waals surface area contributed by atoms with Crippen molar-refractivity contribution in [1.82, 2.24) is 0 Å². The topological polar surface area (TPSA) is 53.7 Å². The van der Waals surface area contributed by atoms with Crippen LogP contribution in [0.15, 0.2) is 18.2 Å². The molecule has 4 nitrogen and oxygen atoms in total. The summed E-state index contributed by atoms with van der Waals surface area (Å²) in [5.41, 5.74) is 7.09. The third-order valence-corrected chi connectivity index (χ3v) is 4.33. The third-order valence-electron chi connectivity index (χ3n) is 4.33. The highest BCUT2D eigenvalue weighted by atomic mass is 16.5. The van der Waals surface area contributed by atoms with Crippen molar-refractivity contribution in [1.29, 1.82) is 0 Å². The highest BCUT2D eigenvalue weighted by Crippen LogP contribution is 2.47. The fraction of sp³-hybridized carbons (Fsp3) is 0.625. The first-order valence-corrected chi connectivity index (χ1v) is 7.20. The van der Waals surface area contributed by atoms with Gasteiger partial charge in [0.15, 0.2) is 0 Å². The molecule has 1 aromatic rings. The predicted octanol–water partition coefficient (Wildman–Crippen LogP) is 2.81. The maximum Gasteiger partial charge on any atom is 0.125 e. The maximum absolute atomic E-state index is 6.39. The SMILES string of the molecule is COc1ccc2c(c1)[C@H](N)CC1(CCOC(C)(C)C1)O2. The van der Waals surface area contributed by atoms with Gasteiger partial charge in [0.1, 0.15) is 17.1 Å². The van der Waals surface area contributed by atoms with Gasteiger partial charge in [0.25, 0.3) is 0 Å². The average molecular weight is 277 g/mol. The second kappa shape index (κ2) is 4.64. The predicted molar refractivity (Wildman–Crippen MR) is 77.2 cm³/mol. The molecule has 20 heavy (non-hydrogen) atoms. The summed E-state index contributed by atoms with van der Waals surface area (Å²) >= 11 is 0. The highest BCUT2D eigenvalue weighted by Gasteiger charge is 2.46. The largest absolute Gasteiger partial charge is 0.497 e. The van der Waals surface area contributed by atoms with E-state index in [-0.39, 0.29) is 17.2 Å². The fourth-order valence-corrected chi connectivity index (χ4v) is 3.51. The van der Waals surface area contributed by atoms with Crippen LogP contribution in [0.25, 0.3) is 0 Å². The molecule has 1 aromatic carbocycles. The third kappa shape index (κ3) is 2.38. The molecule has 1 unspecified atom stereocenters. The summed E-state index contributed by atoms with van der Waals surface area (Å²) in [6.45, 7) is 4.96. The molecule has 4 heteroatoms. The van der Waals surface area contributed by atoms with E-state index in [4.69, 9.17) is 19.9 Å². The minimum atomic E-state index is -0.192. The summed E-state index contributed by atoms with van der Waals surface area (Å²) in [5, 5.41) is 0. The number of nitrogens with two attached hydrogens (primary N) is 1. The molecular formula is C16H23NO3. The molecule has 110 valence electrons. The van der Waals surface area contributed by atoms with Gasteiger partial charge in [-0.2, -0.15) is 0 Å². The molecule has 0 radical (unpaired) electrons. The number of ether oxygens (including phenoxy) is 3. The molecule has 0 aliphatic carbocycles. The molecule has 1 fully saturated rings. The summed E-state index contributed by atoms with van der Waals surface area (Å²) < 4.78 is 17.4. The Bertz CT molecular complexity index is 514. The van der Waals surface area contributed by atoms with Crippen LogP contribution in [0.3, 0.4) is 0 Å². The van der Waals surface area contributed by atoms with Crippen molar-refractivity contribution >= 4 is 0 Å². The van der Waals surface area contributed by atoms with E-state index >= 15 is 0 Å². The Labute approximate surface area is 120 Å². The van der Waals surface area contributed by atoms with Crippen molar-refractivity contribution in [3.63, 3.8) is 0 Å². The van der Waals surface area contributed by atoms with E-state index in [1.54, 1.807) is 7.11 Å². The Kier molecular flexibility index (Phi) is 3.18. The molecule has 0 saturated carbocycles. The Balaban J connectivity index is 1.92. The van der Waals surface area contributed by atoms with Gasteiger partial charge in [0.2, 0.25) is 0 Å². The van der Waals surface area contributed by atoms with Crippen molar-refractivity contribution in [2.75, 3.05) is 13.7 Å². The van der Waals surface area contributed by atoms with Gasteiger partial charge in [-0.15, -0.1) is 0 Å². The number of hydrogen-bond donors (Lipinski definition) is 1. The van der Waals surface area contributed by atoms with Gasteiger partial charge in [-0.1, -0.05) is 0 Å². The second-order valence-corrected chi connectivity index (χ2v) is 6.53. The number of methoxy groups -OCH3 is 1. The lowest BCUT2D eigenvalue weighted by Crippen LogP contribution is -2.52. The minimum absolute atomic E-state index is 0.0113. The van der Waals surface area contributed by atoms with Crippen molar-refractivity contribution in [3.8, 4) is 11.5 Å². The zero-order valence-electron chi connectivity index (χ0n) is 12.4. The highest BCUT2D eigenvalue weighted by molar-refractivity contribution is 5.44. The van der Waals surface area contributed by atoms with Crippen LogP contribution in [0.4, 0.5) is 0 Å². The first-order chi connectivity index (χ1) is 9.43. The Morgan fingerprint density at radius 3 is 2.85 bits per heavy atom. The van der Waals surface area contributed by atoms with Crippen LogP contribution in [0, 0.1) is 0 Å². The second-order valence-electron chi connectivity index (χ2n) is 6.53. The monoisotopic (exact) mass is 277 g/mol. The molecule has 0 aromatic heterocycles. The average Bonchev–Trinajstić information content (AvgIpc) is 2.37. The lowest BCUT2D eigenvalue weighted by Gasteiger charge is -2.48. The summed E-state index contributed by atoms with van der Waals surface area (Å²) in [6.07, 6.45) is 2.61. The summed E-state index contributed by atoms with van der Waals surface area (Å²) in [6, 6.07) is 5.87. The Morgan fingerprint density at radius 1 is 1.35 bits per heavy atom. The quantitative estimate of drug-likeness (QED) is 0.857. The molecule has 1 saturated heterocycles. The summed E-state index contributed by atoms with van der Waals surface area (Å²) in [4.78, 5) is 0. The smallest absolute Gasteiger partial charge is 0.125 e. The van der Waals surface area contributed by atoms with Crippen LogP contribution in [-0.2, 0) is 4.74 Å². The standard InChI is InChI=1S/C16H23NO3/c1-15(2)10-16(6-7-19-15)9-13(17)12-8-11(18-3)4-5-14(12)20-16/h4-5,8,13H,6-7,9-10,17H2,1-3H3/t13-,16?/m1/s1. The fourth-order valence-electron chi connectivity index (χ4n) is 3.51. The van der Waals surface area contributed by atoms with Crippen molar-refractivity contribution < 1.29 is 14.2 Å². The summed E-state index contributed by atoms with van der Waals surface area (Å²) in [7, 11) is 1.67. The molecule has 0 bridgehead atoms. The van der Waals surface area contributed by atoms with E-state index in [2.05, 4.69) is 13.8 Å². The van der Waals surface area contributed by atoms with Crippen LogP contribution in [-0.4, -0.2) is 24.9 Å². The first-order valence-electron chi connectivity index (χ1n) is 7.20. The van der Waals surface area contributed by atoms with Crippen molar-refractivity contribution in [3.05, 3.63) is 23.8 Å². The first kappa shape index (κ1) is 13.7. The zero-order valence-corrected chi connectivity index (χ0v) is 12.4. The van der Waals surface area contributed by atoms with Crippen LogP contribution in [0.1, 0.15) is 44.7 Å². The van der Waals surface area contributed by atoms with E-state index in [1.165, 1.54) is 0 Å². The normalized spacial score (nSPS) is 31.5. The van der Waals surface area contributed by atoms with Gasteiger partial charge in [-0.25, -0.2) is 0 Å². The van der Waals surface area contributed by atoms with Crippen LogP contribution < -0.4 is 15.2 Å². The number of fused-ring (bicyclic) bond motifs is 1. The molecule has 2 heterocycles.